The summed E-state index contributed by atoms with van der Waals surface area (Å²) in [6.07, 6.45) is 2.49. The van der Waals surface area contributed by atoms with Crippen molar-refractivity contribution in [2.75, 3.05) is 30.8 Å². The van der Waals surface area contributed by atoms with Crippen molar-refractivity contribution in [3.05, 3.63) is 30.7 Å². The van der Waals surface area contributed by atoms with Crippen LogP contribution in [0, 0.1) is 0 Å². The van der Waals surface area contributed by atoms with Crippen molar-refractivity contribution in [3.63, 3.8) is 0 Å². The highest BCUT2D eigenvalue weighted by atomic mass is 19.1. The molecule has 2 atom stereocenters. The van der Waals surface area contributed by atoms with E-state index in [0.717, 1.165) is 0 Å². The average molecular weight is 455 g/mol. The first-order chi connectivity index (χ1) is 15.9. The molecule has 12 heteroatoms. The minimum atomic E-state index is -1.24. The molecule has 172 valence electrons. The molecule has 0 aliphatic carbocycles. The van der Waals surface area contributed by atoms with Gasteiger partial charge in [-0.1, -0.05) is 0 Å². The number of pyridine rings is 1. The number of imidazole rings is 1. The summed E-state index contributed by atoms with van der Waals surface area (Å²) in [6, 6.07) is 4.93. The Kier molecular flexibility index (Phi) is 5.27. The minimum absolute atomic E-state index is 0.0333. The largest absolute Gasteiger partial charge is 0.382 e. The fourth-order valence-electron chi connectivity index (χ4n) is 4.18. The minimum Gasteiger partial charge on any atom is -0.382 e. The van der Waals surface area contributed by atoms with Gasteiger partial charge < -0.3 is 20.5 Å². The maximum atomic E-state index is 14.6. The molecule has 0 unspecified atom stereocenters. The van der Waals surface area contributed by atoms with Crippen molar-refractivity contribution in [2.24, 2.45) is 0 Å². The van der Waals surface area contributed by atoms with Gasteiger partial charge in [-0.05, 0) is 24.6 Å². The summed E-state index contributed by atoms with van der Waals surface area (Å²) in [4.78, 5) is 26.2. The van der Waals surface area contributed by atoms with Gasteiger partial charge in [0, 0.05) is 25.2 Å². The summed E-state index contributed by atoms with van der Waals surface area (Å²) >= 11 is 0. The van der Waals surface area contributed by atoms with Crippen molar-refractivity contribution in [1.29, 1.82) is 0 Å². The number of likely N-dealkylation sites (tertiary alicyclic amines) is 1. The summed E-state index contributed by atoms with van der Waals surface area (Å²) in [6.45, 7) is 1.59. The molecule has 0 bridgehead atoms. The Morgan fingerprint density at radius 2 is 2.15 bits per heavy atom. The molecule has 1 saturated heterocycles. The number of alkyl halides is 2. The van der Waals surface area contributed by atoms with E-state index in [0.29, 0.717) is 40.9 Å². The number of nitrogens with zero attached hydrogens (tertiary/aromatic N) is 7. The zero-order chi connectivity index (χ0) is 23.1. The van der Waals surface area contributed by atoms with Gasteiger partial charge in [0.1, 0.15) is 23.9 Å². The highest BCUT2D eigenvalue weighted by Gasteiger charge is 2.31. The van der Waals surface area contributed by atoms with Crippen molar-refractivity contribution in [2.45, 2.75) is 32.1 Å². The van der Waals surface area contributed by atoms with Gasteiger partial charge in [-0.3, -0.25) is 4.79 Å². The van der Waals surface area contributed by atoms with Crippen molar-refractivity contribution in [3.8, 4) is 11.3 Å². The van der Waals surface area contributed by atoms with Crippen molar-refractivity contribution < 1.29 is 13.6 Å². The molecule has 10 nitrogen and oxygen atoms in total. The molecule has 0 spiro atoms. The number of hydrogen-bond donors (Lipinski definition) is 2. The number of nitrogens with two attached hydrogens (primary N) is 1. The molecule has 1 amide bonds. The van der Waals surface area contributed by atoms with E-state index in [1.807, 2.05) is 18.2 Å². The van der Waals surface area contributed by atoms with Crippen LogP contribution in [0.25, 0.3) is 27.9 Å². The van der Waals surface area contributed by atoms with E-state index in [1.165, 1.54) is 11.8 Å². The van der Waals surface area contributed by atoms with Gasteiger partial charge >= 0.3 is 0 Å². The molecular formula is C21H23F2N9O. The summed E-state index contributed by atoms with van der Waals surface area (Å²) in [5.41, 5.74) is 9.41. The number of nitrogens with one attached hydrogen (secondary N) is 1. The van der Waals surface area contributed by atoms with Crippen LogP contribution in [0.4, 0.5) is 20.5 Å². The molecule has 1 aliphatic rings. The monoisotopic (exact) mass is 455 g/mol. The van der Waals surface area contributed by atoms with E-state index in [2.05, 4.69) is 25.4 Å². The SMILES string of the molecule is CC(=O)N1CC[C@H](Nc2nc(N)c3c(-c4ccc5ncn(CCF)c5n4)ccn3n2)[C@H](F)C1. The number of amides is 1. The van der Waals surface area contributed by atoms with Crippen LogP contribution >= 0.6 is 0 Å². The lowest BCUT2D eigenvalue weighted by Crippen LogP contribution is -2.49. The molecule has 5 rings (SSSR count). The van der Waals surface area contributed by atoms with E-state index < -0.39 is 18.9 Å². The van der Waals surface area contributed by atoms with Gasteiger partial charge in [-0.25, -0.2) is 23.3 Å². The lowest BCUT2D eigenvalue weighted by Gasteiger charge is -2.34. The molecule has 33 heavy (non-hydrogen) atoms. The predicted molar refractivity (Wildman–Crippen MR) is 119 cm³/mol. The van der Waals surface area contributed by atoms with Gasteiger partial charge in [0.15, 0.2) is 11.5 Å². The summed E-state index contributed by atoms with van der Waals surface area (Å²) in [7, 11) is 0. The molecule has 4 aromatic heterocycles. The van der Waals surface area contributed by atoms with Gasteiger partial charge in [-0.2, -0.15) is 4.98 Å². The van der Waals surface area contributed by atoms with Crippen LogP contribution in [-0.2, 0) is 11.3 Å². The van der Waals surface area contributed by atoms with Crippen LogP contribution in [0.15, 0.2) is 30.7 Å². The fraction of sp³-hybridized carbons (Fsp3) is 0.381. The van der Waals surface area contributed by atoms with Crippen LogP contribution in [0.3, 0.4) is 0 Å². The Morgan fingerprint density at radius 1 is 1.30 bits per heavy atom. The first kappa shape index (κ1) is 21.0. The zero-order valence-electron chi connectivity index (χ0n) is 17.9. The second-order valence-corrected chi connectivity index (χ2v) is 8.03. The van der Waals surface area contributed by atoms with Crippen LogP contribution in [0.1, 0.15) is 13.3 Å². The number of aromatic nitrogens is 6. The van der Waals surface area contributed by atoms with Crippen LogP contribution in [0.5, 0.6) is 0 Å². The number of piperidine rings is 1. The number of fused-ring (bicyclic) bond motifs is 2. The molecule has 0 radical (unpaired) electrons. The van der Waals surface area contributed by atoms with Gasteiger partial charge in [-0.15, -0.1) is 5.10 Å². The predicted octanol–water partition coefficient (Wildman–Crippen LogP) is 2.06. The number of rotatable bonds is 5. The highest BCUT2D eigenvalue weighted by molar-refractivity contribution is 5.88. The second-order valence-electron chi connectivity index (χ2n) is 8.03. The third-order valence-electron chi connectivity index (χ3n) is 5.90. The van der Waals surface area contributed by atoms with Gasteiger partial charge in [0.2, 0.25) is 11.9 Å². The first-order valence-electron chi connectivity index (χ1n) is 10.6. The number of carbonyl (C=O) groups excluding carboxylic acids is 1. The summed E-state index contributed by atoms with van der Waals surface area (Å²) < 4.78 is 30.7. The lowest BCUT2D eigenvalue weighted by molar-refractivity contribution is -0.131. The van der Waals surface area contributed by atoms with E-state index >= 15 is 0 Å². The lowest BCUT2D eigenvalue weighted by atomic mass is 10.0. The van der Waals surface area contributed by atoms with Crippen LogP contribution in [0.2, 0.25) is 0 Å². The van der Waals surface area contributed by atoms with Crippen LogP contribution in [-0.4, -0.2) is 71.9 Å². The normalized spacial score (nSPS) is 18.8. The number of carbonyl (C=O) groups is 1. The number of hydrogen-bond acceptors (Lipinski definition) is 7. The standard InChI is InChI=1S/C21H23F2N9O/c1-12(33)30-7-5-16(14(23)10-30)27-21-28-19(24)18-13(4-8-32(18)29-21)15-2-3-17-20(26-15)31(9-6-22)11-25-17/h2-4,8,11,14,16H,5-7,9-10H2,1H3,(H3,24,27,28,29)/t14-,16+/m1/s1. The van der Waals surface area contributed by atoms with E-state index in [-0.39, 0.29) is 30.8 Å². The Balaban J connectivity index is 1.44. The smallest absolute Gasteiger partial charge is 0.243 e. The topological polar surface area (TPSA) is 119 Å². The number of halogens is 2. The number of aryl methyl sites for hydroxylation is 1. The summed E-state index contributed by atoms with van der Waals surface area (Å²) in [5.74, 6) is 0.274. The van der Waals surface area contributed by atoms with Gasteiger partial charge in [0.25, 0.3) is 0 Å². The third-order valence-corrected chi connectivity index (χ3v) is 5.90. The molecule has 1 fully saturated rings. The maximum Gasteiger partial charge on any atom is 0.243 e. The molecule has 0 aromatic carbocycles. The zero-order valence-corrected chi connectivity index (χ0v) is 17.9. The molecule has 4 aromatic rings. The van der Waals surface area contributed by atoms with Gasteiger partial charge in [0.05, 0.1) is 31.2 Å². The van der Waals surface area contributed by atoms with Crippen molar-refractivity contribution in [1.82, 2.24) is 34.0 Å². The molecule has 1 aliphatic heterocycles. The van der Waals surface area contributed by atoms with E-state index in [1.54, 1.807) is 21.6 Å². The van der Waals surface area contributed by atoms with E-state index in [4.69, 9.17) is 5.73 Å². The number of anilines is 2. The second kappa shape index (κ2) is 8.26. The average Bonchev–Trinajstić information content (AvgIpc) is 3.39. The molecular weight excluding hydrogens is 432 g/mol. The first-order valence-corrected chi connectivity index (χ1v) is 10.6. The third kappa shape index (κ3) is 3.81. The Morgan fingerprint density at radius 3 is 2.91 bits per heavy atom. The maximum absolute atomic E-state index is 14.6. The Hall–Kier alpha value is -3.83. The highest BCUT2D eigenvalue weighted by Crippen LogP contribution is 2.29. The van der Waals surface area contributed by atoms with Crippen LogP contribution < -0.4 is 11.1 Å². The van der Waals surface area contributed by atoms with E-state index in [9.17, 15) is 13.6 Å². The molecule has 5 heterocycles. The fourth-order valence-corrected chi connectivity index (χ4v) is 4.18. The number of nitrogen functional groups attached to an aromatic ring is 1. The molecule has 0 saturated carbocycles. The Bertz CT molecular complexity index is 1330. The summed E-state index contributed by atoms with van der Waals surface area (Å²) in [5, 5.41) is 7.45. The quantitative estimate of drug-likeness (QED) is 0.473. The van der Waals surface area contributed by atoms with Crippen molar-refractivity contribution >= 4 is 34.4 Å². The Labute approximate surface area is 187 Å². The molecule has 3 N–H and O–H groups in total.